The molecule has 0 radical (unpaired) electrons. The van der Waals surface area contributed by atoms with Crippen molar-refractivity contribution in [3.8, 4) is 0 Å². The van der Waals surface area contributed by atoms with Crippen LogP contribution in [-0.4, -0.2) is 66.7 Å². The van der Waals surface area contributed by atoms with E-state index in [-0.39, 0.29) is 25.0 Å². The number of hydrogen-bond donors (Lipinski definition) is 2. The van der Waals surface area contributed by atoms with Crippen molar-refractivity contribution < 1.29 is 14.7 Å². The number of urea groups is 1. The molecule has 14 heavy (non-hydrogen) atoms. The first-order valence-corrected chi connectivity index (χ1v) is 4.44. The first kappa shape index (κ1) is 10.9. The highest BCUT2D eigenvalue weighted by Crippen LogP contribution is 2.07. The first-order valence-electron chi connectivity index (χ1n) is 4.44. The van der Waals surface area contributed by atoms with Crippen LogP contribution in [-0.2, 0) is 4.79 Å². The summed E-state index contributed by atoms with van der Waals surface area (Å²) in [5, 5.41) is 12.2. The third-order valence-electron chi connectivity index (χ3n) is 2.06. The van der Waals surface area contributed by atoms with Gasteiger partial charge in [-0.2, -0.15) is 0 Å². The fraction of sp³-hybridized carbons (Fsp3) is 0.750. The van der Waals surface area contributed by atoms with Crippen molar-refractivity contribution in [2.45, 2.75) is 6.10 Å². The van der Waals surface area contributed by atoms with Crippen LogP contribution < -0.4 is 5.32 Å². The summed E-state index contributed by atoms with van der Waals surface area (Å²) in [7, 11) is 3.26. The van der Waals surface area contributed by atoms with Gasteiger partial charge in [0, 0.05) is 13.6 Å². The Kier molecular flexibility index (Phi) is 3.43. The molecule has 0 bridgehead atoms. The van der Waals surface area contributed by atoms with E-state index in [9.17, 15) is 14.7 Å². The van der Waals surface area contributed by atoms with Gasteiger partial charge in [0.15, 0.2) is 0 Å². The monoisotopic (exact) mass is 201 g/mol. The molecule has 0 saturated carbocycles. The smallest absolute Gasteiger partial charge is 0.327 e. The van der Waals surface area contributed by atoms with Gasteiger partial charge in [-0.25, -0.2) is 4.79 Å². The average Bonchev–Trinajstić information content (AvgIpc) is 2.33. The van der Waals surface area contributed by atoms with E-state index in [1.165, 1.54) is 4.90 Å². The third kappa shape index (κ3) is 2.21. The van der Waals surface area contributed by atoms with E-state index < -0.39 is 6.10 Å². The summed E-state index contributed by atoms with van der Waals surface area (Å²) in [5.41, 5.74) is 0. The lowest BCUT2D eigenvalue weighted by Crippen LogP contribution is -2.41. The average molecular weight is 201 g/mol. The Hall–Kier alpha value is -1.14. The molecule has 1 aliphatic rings. The minimum Gasteiger partial charge on any atom is -0.390 e. The van der Waals surface area contributed by atoms with Crippen molar-refractivity contribution in [1.29, 1.82) is 0 Å². The summed E-state index contributed by atoms with van der Waals surface area (Å²) in [5.74, 6) is -0.257. The van der Waals surface area contributed by atoms with Crippen LogP contribution in [0.25, 0.3) is 0 Å². The van der Waals surface area contributed by atoms with Gasteiger partial charge in [-0.15, -0.1) is 0 Å². The van der Waals surface area contributed by atoms with Crippen LogP contribution in [0, 0.1) is 0 Å². The van der Waals surface area contributed by atoms with Crippen LogP contribution >= 0.6 is 0 Å². The van der Waals surface area contributed by atoms with Gasteiger partial charge >= 0.3 is 6.03 Å². The number of β-amino-alcohol motifs (C(OH)–C–C–N with tert-alkyl or cyclic N) is 1. The molecular weight excluding hydrogens is 186 g/mol. The molecular formula is C8H15N3O3. The number of imide groups is 1. The number of nitrogens with one attached hydrogen (secondary N) is 1. The van der Waals surface area contributed by atoms with Crippen molar-refractivity contribution >= 4 is 11.9 Å². The first-order chi connectivity index (χ1) is 6.56. The Morgan fingerprint density at radius 1 is 1.57 bits per heavy atom. The number of hydrogen-bond acceptors (Lipinski definition) is 4. The standard InChI is InChI=1S/C8H15N3O3/c1-9-3-6(12)4-11-7(13)5-10(2)8(11)14/h6,9,12H,3-5H2,1-2H3. The Balaban J connectivity index is 2.51. The highest BCUT2D eigenvalue weighted by atomic mass is 16.3. The molecule has 1 atom stereocenters. The summed E-state index contributed by atoms with van der Waals surface area (Å²) in [6, 6.07) is -0.342. The number of carbonyl (C=O) groups excluding carboxylic acids is 2. The SMILES string of the molecule is CNCC(O)CN1C(=O)CN(C)C1=O. The summed E-state index contributed by atoms with van der Waals surface area (Å²) < 4.78 is 0. The predicted molar refractivity (Wildman–Crippen MR) is 49.7 cm³/mol. The molecule has 2 N–H and O–H groups in total. The maximum absolute atomic E-state index is 11.4. The van der Waals surface area contributed by atoms with E-state index in [0.29, 0.717) is 6.54 Å². The third-order valence-corrected chi connectivity index (χ3v) is 2.06. The molecule has 1 unspecified atom stereocenters. The maximum atomic E-state index is 11.4. The minimum absolute atomic E-state index is 0.0584. The van der Waals surface area contributed by atoms with E-state index in [2.05, 4.69) is 5.32 Å². The van der Waals surface area contributed by atoms with Gasteiger partial charge in [0.2, 0.25) is 5.91 Å². The second-order valence-electron chi connectivity index (χ2n) is 3.35. The lowest BCUT2D eigenvalue weighted by atomic mass is 10.3. The molecule has 3 amide bonds. The van der Waals surface area contributed by atoms with Crippen molar-refractivity contribution in [3.63, 3.8) is 0 Å². The van der Waals surface area contributed by atoms with Crippen LogP contribution in [0.15, 0.2) is 0 Å². The quantitative estimate of drug-likeness (QED) is 0.541. The van der Waals surface area contributed by atoms with Crippen LogP contribution in [0.1, 0.15) is 0 Å². The Morgan fingerprint density at radius 3 is 2.64 bits per heavy atom. The molecule has 6 nitrogen and oxygen atoms in total. The largest absolute Gasteiger partial charge is 0.390 e. The molecule has 6 heteroatoms. The van der Waals surface area contributed by atoms with Crippen LogP contribution in [0.4, 0.5) is 4.79 Å². The number of likely N-dealkylation sites (N-methyl/N-ethyl adjacent to an activating group) is 2. The fourth-order valence-electron chi connectivity index (χ4n) is 1.36. The van der Waals surface area contributed by atoms with Gasteiger partial charge < -0.3 is 15.3 Å². The molecule has 1 saturated heterocycles. The Bertz CT molecular complexity index is 244. The van der Waals surface area contributed by atoms with E-state index in [1.807, 2.05) is 0 Å². The van der Waals surface area contributed by atoms with Crippen molar-refractivity contribution in [1.82, 2.24) is 15.1 Å². The zero-order chi connectivity index (χ0) is 10.7. The number of carbonyl (C=O) groups is 2. The molecule has 1 fully saturated rings. The second-order valence-corrected chi connectivity index (χ2v) is 3.35. The van der Waals surface area contributed by atoms with E-state index >= 15 is 0 Å². The summed E-state index contributed by atoms with van der Waals surface area (Å²) in [4.78, 5) is 25.0. The summed E-state index contributed by atoms with van der Waals surface area (Å²) in [6.45, 7) is 0.523. The minimum atomic E-state index is -0.709. The van der Waals surface area contributed by atoms with Gasteiger partial charge in [0.1, 0.15) is 6.54 Å². The molecule has 1 rings (SSSR count). The molecule has 1 heterocycles. The zero-order valence-electron chi connectivity index (χ0n) is 8.36. The number of aliphatic hydroxyl groups excluding tert-OH is 1. The number of aliphatic hydroxyl groups is 1. The number of nitrogens with zero attached hydrogens (tertiary/aromatic N) is 2. The van der Waals surface area contributed by atoms with Crippen molar-refractivity contribution in [2.24, 2.45) is 0 Å². The highest BCUT2D eigenvalue weighted by Gasteiger charge is 2.34. The van der Waals surface area contributed by atoms with Crippen LogP contribution in [0.3, 0.4) is 0 Å². The Morgan fingerprint density at radius 2 is 2.21 bits per heavy atom. The molecule has 0 aromatic heterocycles. The van der Waals surface area contributed by atoms with E-state index in [0.717, 1.165) is 4.90 Å². The van der Waals surface area contributed by atoms with Crippen molar-refractivity contribution in [3.05, 3.63) is 0 Å². The van der Waals surface area contributed by atoms with Gasteiger partial charge in [-0.1, -0.05) is 0 Å². The topological polar surface area (TPSA) is 72.9 Å². The molecule has 0 spiro atoms. The highest BCUT2D eigenvalue weighted by molar-refractivity contribution is 6.01. The normalized spacial score (nSPS) is 19.4. The lowest BCUT2D eigenvalue weighted by Gasteiger charge is -2.17. The molecule has 0 aromatic carbocycles. The van der Waals surface area contributed by atoms with Crippen LogP contribution in [0.5, 0.6) is 0 Å². The second kappa shape index (κ2) is 4.39. The molecule has 0 aliphatic carbocycles. The van der Waals surface area contributed by atoms with Gasteiger partial charge in [0.25, 0.3) is 0 Å². The molecule has 0 aromatic rings. The number of rotatable bonds is 4. The van der Waals surface area contributed by atoms with Crippen molar-refractivity contribution in [2.75, 3.05) is 33.7 Å². The Labute approximate surface area is 82.5 Å². The van der Waals surface area contributed by atoms with E-state index in [1.54, 1.807) is 14.1 Å². The lowest BCUT2D eigenvalue weighted by molar-refractivity contribution is -0.126. The van der Waals surface area contributed by atoms with Gasteiger partial charge in [0.05, 0.1) is 12.6 Å². The van der Waals surface area contributed by atoms with Gasteiger partial charge in [-0.3, -0.25) is 9.69 Å². The fourth-order valence-corrected chi connectivity index (χ4v) is 1.36. The maximum Gasteiger partial charge on any atom is 0.327 e. The molecule has 80 valence electrons. The zero-order valence-corrected chi connectivity index (χ0v) is 8.36. The van der Waals surface area contributed by atoms with Crippen LogP contribution in [0.2, 0.25) is 0 Å². The van der Waals surface area contributed by atoms with Gasteiger partial charge in [-0.05, 0) is 7.05 Å². The van der Waals surface area contributed by atoms with E-state index in [4.69, 9.17) is 0 Å². The number of amides is 3. The molecule has 1 aliphatic heterocycles. The predicted octanol–water partition coefficient (Wildman–Crippen LogP) is -1.54. The summed E-state index contributed by atoms with van der Waals surface area (Å²) in [6.07, 6.45) is -0.709. The summed E-state index contributed by atoms with van der Waals surface area (Å²) >= 11 is 0.